The van der Waals surface area contributed by atoms with Gasteiger partial charge in [0, 0.05) is 18.1 Å². The highest BCUT2D eigenvalue weighted by atomic mass is 35.5. The normalized spacial score (nSPS) is 14.8. The number of rotatable bonds is 6. The van der Waals surface area contributed by atoms with Crippen molar-refractivity contribution in [1.29, 1.82) is 0 Å². The first-order valence-corrected chi connectivity index (χ1v) is 11.9. The first-order valence-electron chi connectivity index (χ1n) is 10.1. The fraction of sp³-hybridized carbons (Fsp3) is 0.286. The average Bonchev–Trinajstić information content (AvgIpc) is 3.22. The quantitative estimate of drug-likeness (QED) is 0.563. The minimum absolute atomic E-state index is 0.0383. The highest BCUT2D eigenvalue weighted by Gasteiger charge is 2.27. The number of amides is 1. The number of hydrogen-bond donors (Lipinski definition) is 1. The van der Waals surface area contributed by atoms with Crippen LogP contribution in [-0.2, 0) is 14.8 Å². The zero-order chi connectivity index (χ0) is 23.6. The van der Waals surface area contributed by atoms with Gasteiger partial charge in [-0.1, -0.05) is 11.6 Å². The molecule has 0 radical (unpaired) electrons. The van der Waals surface area contributed by atoms with Gasteiger partial charge in [0.25, 0.3) is 5.91 Å². The number of nitrogens with one attached hydrogen (secondary N) is 1. The number of aromatic nitrogens is 3. The van der Waals surface area contributed by atoms with E-state index in [0.29, 0.717) is 35.5 Å². The zero-order valence-electron chi connectivity index (χ0n) is 18.0. The van der Waals surface area contributed by atoms with Crippen LogP contribution in [0.1, 0.15) is 16.4 Å². The number of anilines is 1. The largest absolute Gasteiger partial charge is 0.495 e. The van der Waals surface area contributed by atoms with Gasteiger partial charge in [0.2, 0.25) is 15.8 Å². The van der Waals surface area contributed by atoms with E-state index >= 15 is 0 Å². The zero-order valence-corrected chi connectivity index (χ0v) is 19.6. The molecule has 1 aliphatic heterocycles. The monoisotopic (exact) mass is 491 g/mol. The summed E-state index contributed by atoms with van der Waals surface area (Å²) >= 11 is 5.93. The number of hydrogen-bond acceptors (Lipinski definition) is 7. The Hall–Kier alpha value is -2.99. The highest BCUT2D eigenvalue weighted by molar-refractivity contribution is 7.89. The third kappa shape index (κ3) is 4.86. The van der Waals surface area contributed by atoms with Crippen LogP contribution < -0.4 is 10.1 Å². The predicted octanol–water partition coefficient (Wildman–Crippen LogP) is 2.51. The second kappa shape index (κ2) is 9.48. The summed E-state index contributed by atoms with van der Waals surface area (Å²) in [5, 5.41) is 7.52. The molecule has 2 heterocycles. The van der Waals surface area contributed by atoms with Crippen molar-refractivity contribution in [3.63, 3.8) is 0 Å². The molecule has 2 aromatic carbocycles. The van der Waals surface area contributed by atoms with Crippen molar-refractivity contribution in [1.82, 2.24) is 19.1 Å². The van der Waals surface area contributed by atoms with Crippen LogP contribution in [0, 0.1) is 6.92 Å². The highest BCUT2D eigenvalue weighted by Crippen LogP contribution is 2.29. The molecule has 10 nitrogen and oxygen atoms in total. The number of nitrogens with zero attached hydrogens (tertiary/aromatic N) is 4. The molecule has 1 amide bonds. The Morgan fingerprint density at radius 3 is 2.52 bits per heavy atom. The van der Waals surface area contributed by atoms with Crippen LogP contribution in [0.15, 0.2) is 47.4 Å². The van der Waals surface area contributed by atoms with Crippen molar-refractivity contribution in [2.75, 3.05) is 38.7 Å². The van der Waals surface area contributed by atoms with E-state index in [2.05, 4.69) is 15.4 Å². The van der Waals surface area contributed by atoms with Gasteiger partial charge < -0.3 is 14.8 Å². The van der Waals surface area contributed by atoms with Crippen LogP contribution in [0.4, 0.5) is 5.69 Å². The van der Waals surface area contributed by atoms with Gasteiger partial charge in [0.05, 0.1) is 36.6 Å². The van der Waals surface area contributed by atoms with Crippen molar-refractivity contribution in [3.05, 3.63) is 59.1 Å². The minimum Gasteiger partial charge on any atom is -0.495 e. The van der Waals surface area contributed by atoms with Gasteiger partial charge in [-0.05, 0) is 49.4 Å². The maximum atomic E-state index is 13.0. The van der Waals surface area contributed by atoms with Crippen LogP contribution in [-0.4, -0.2) is 66.8 Å². The van der Waals surface area contributed by atoms with E-state index < -0.39 is 15.9 Å². The molecule has 1 saturated heterocycles. The van der Waals surface area contributed by atoms with Crippen molar-refractivity contribution in [2.45, 2.75) is 11.8 Å². The van der Waals surface area contributed by atoms with E-state index in [9.17, 15) is 13.2 Å². The minimum atomic E-state index is -3.75. The Morgan fingerprint density at radius 2 is 1.85 bits per heavy atom. The average molecular weight is 492 g/mol. The van der Waals surface area contributed by atoms with Crippen LogP contribution in [0.25, 0.3) is 5.69 Å². The summed E-state index contributed by atoms with van der Waals surface area (Å²) in [5.74, 6) is 0.118. The summed E-state index contributed by atoms with van der Waals surface area (Å²) in [5.41, 5.74) is 0.886. The molecule has 174 valence electrons. The second-order valence-corrected chi connectivity index (χ2v) is 9.58. The maximum absolute atomic E-state index is 13.0. The number of morpholine rings is 1. The van der Waals surface area contributed by atoms with E-state index in [1.54, 1.807) is 31.2 Å². The van der Waals surface area contributed by atoms with Gasteiger partial charge in [0.15, 0.2) is 0 Å². The molecular formula is C21H22ClN5O5S. The van der Waals surface area contributed by atoms with Crippen LogP contribution in [0.3, 0.4) is 0 Å². The Kier molecular flexibility index (Phi) is 6.66. The number of halogens is 1. The lowest BCUT2D eigenvalue weighted by atomic mass is 10.3. The molecule has 12 heteroatoms. The van der Waals surface area contributed by atoms with Gasteiger partial charge in [-0.3, -0.25) is 4.79 Å². The number of benzene rings is 2. The molecule has 0 unspecified atom stereocenters. The first-order chi connectivity index (χ1) is 15.8. The summed E-state index contributed by atoms with van der Waals surface area (Å²) < 4.78 is 39.4. The summed E-state index contributed by atoms with van der Waals surface area (Å²) in [6, 6.07) is 11.2. The number of aryl methyl sites for hydroxylation is 1. The number of carbonyl (C=O) groups is 1. The van der Waals surface area contributed by atoms with Gasteiger partial charge in [-0.15, -0.1) is 5.10 Å². The topological polar surface area (TPSA) is 116 Å². The van der Waals surface area contributed by atoms with Crippen molar-refractivity contribution in [3.8, 4) is 11.4 Å². The molecular weight excluding hydrogens is 470 g/mol. The molecule has 0 aliphatic carbocycles. The van der Waals surface area contributed by atoms with Gasteiger partial charge in [-0.2, -0.15) is 4.31 Å². The molecule has 1 aliphatic rings. The number of methoxy groups -OCH3 is 1. The summed E-state index contributed by atoms with van der Waals surface area (Å²) in [4.78, 5) is 17.2. The van der Waals surface area contributed by atoms with Crippen molar-refractivity contribution < 1.29 is 22.7 Å². The Balaban J connectivity index is 1.61. The van der Waals surface area contributed by atoms with Gasteiger partial charge >= 0.3 is 0 Å². The number of sulfonamides is 1. The molecule has 1 N–H and O–H groups in total. The standard InChI is InChI=1S/C21H22ClN5O5S/c1-14-23-20(25-27(14)16-5-3-15(22)4-6-16)21(28)24-18-13-17(7-8-19(18)31-2)33(29,30)26-9-11-32-12-10-26/h3-8,13H,9-12H2,1-2H3,(H,24,28). The molecule has 0 bridgehead atoms. The predicted molar refractivity (Wildman–Crippen MR) is 122 cm³/mol. The van der Waals surface area contributed by atoms with Crippen LogP contribution in [0.5, 0.6) is 5.75 Å². The Labute approximate surface area is 196 Å². The molecule has 33 heavy (non-hydrogen) atoms. The van der Waals surface area contributed by atoms with E-state index in [1.165, 1.54) is 34.3 Å². The summed E-state index contributed by atoms with van der Waals surface area (Å²) in [6.07, 6.45) is 0. The Morgan fingerprint density at radius 1 is 1.15 bits per heavy atom. The molecule has 1 aromatic heterocycles. The molecule has 0 atom stereocenters. The van der Waals surface area contributed by atoms with E-state index in [4.69, 9.17) is 21.1 Å². The van der Waals surface area contributed by atoms with E-state index in [1.807, 2.05) is 0 Å². The van der Waals surface area contributed by atoms with Crippen LogP contribution >= 0.6 is 11.6 Å². The lowest BCUT2D eigenvalue weighted by Gasteiger charge is -2.26. The summed E-state index contributed by atoms with van der Waals surface area (Å²) in [7, 11) is -2.32. The summed E-state index contributed by atoms with van der Waals surface area (Å²) in [6.45, 7) is 2.91. The maximum Gasteiger partial charge on any atom is 0.295 e. The van der Waals surface area contributed by atoms with Gasteiger partial charge in [0.1, 0.15) is 11.6 Å². The third-order valence-electron chi connectivity index (χ3n) is 5.07. The smallest absolute Gasteiger partial charge is 0.295 e. The molecule has 4 rings (SSSR count). The molecule has 1 fully saturated rings. The SMILES string of the molecule is COc1ccc(S(=O)(=O)N2CCOCC2)cc1NC(=O)c1nc(C)n(-c2ccc(Cl)cc2)n1. The molecule has 0 spiro atoms. The van der Waals surface area contributed by atoms with E-state index in [0.717, 1.165) is 0 Å². The van der Waals surface area contributed by atoms with E-state index in [-0.39, 0.29) is 29.5 Å². The lowest BCUT2D eigenvalue weighted by Crippen LogP contribution is -2.40. The van der Waals surface area contributed by atoms with Crippen LogP contribution in [0.2, 0.25) is 5.02 Å². The van der Waals surface area contributed by atoms with Crippen molar-refractivity contribution >= 4 is 33.2 Å². The Bertz CT molecular complexity index is 1270. The molecule has 0 saturated carbocycles. The fourth-order valence-electron chi connectivity index (χ4n) is 3.37. The molecule has 3 aromatic rings. The fourth-order valence-corrected chi connectivity index (χ4v) is 4.93. The van der Waals surface area contributed by atoms with Gasteiger partial charge in [-0.25, -0.2) is 18.1 Å². The number of ether oxygens (including phenoxy) is 2. The number of carbonyl (C=O) groups excluding carboxylic acids is 1. The third-order valence-corrected chi connectivity index (χ3v) is 7.22. The lowest BCUT2D eigenvalue weighted by molar-refractivity contribution is 0.0730. The second-order valence-electron chi connectivity index (χ2n) is 7.20. The van der Waals surface area contributed by atoms with Crippen molar-refractivity contribution in [2.24, 2.45) is 0 Å². The first kappa shape index (κ1) is 23.2.